The lowest BCUT2D eigenvalue weighted by Crippen LogP contribution is -2.45. The van der Waals surface area contributed by atoms with Gasteiger partial charge in [-0.05, 0) is 0 Å². The van der Waals surface area contributed by atoms with E-state index in [1.54, 1.807) is 0 Å². The summed E-state index contributed by atoms with van der Waals surface area (Å²) in [6.45, 7) is -4.66. The van der Waals surface area contributed by atoms with Crippen molar-refractivity contribution < 1.29 is 149 Å². The number of aliphatic hydroxyl groups excluding tert-OH is 6. The molecular formula is C12H32O31P6. The van der Waals surface area contributed by atoms with E-state index in [2.05, 4.69) is 22.4 Å². The van der Waals surface area contributed by atoms with Crippen LogP contribution in [0.5, 0.6) is 0 Å². The zero-order valence-electron chi connectivity index (χ0n) is 23.3. The lowest BCUT2D eigenvalue weighted by atomic mass is 10.1. The Morgan fingerprint density at radius 3 is 0.796 bits per heavy atom. The maximum Gasteiger partial charge on any atom is 0.478 e. The van der Waals surface area contributed by atoms with Crippen molar-refractivity contribution in [3.8, 4) is 0 Å². The van der Waals surface area contributed by atoms with Crippen molar-refractivity contribution in [1.82, 2.24) is 0 Å². The third-order valence-corrected chi connectivity index (χ3v) is 7.49. The molecule has 0 aromatic carbocycles. The standard InChI is InChI=1S/2C6H14O12P2.H4O7P2/c2*7-3(1-17-19(11,12)13)5(9)6(10)4(8)2-18-20(14,15)16;1-8(2,3)7-9(4,5)6/h2*3,5-7,9-10H,1-2H2,(H2,11,12,13)(H2,14,15,16);(H2,1,2,3)(H2,4,5,6)/t2*3-,5-,6-;/m11./s1. The number of rotatable bonds is 20. The average molecular weight is 858 g/mol. The number of hydrogen-bond donors (Lipinski definition) is 18. The van der Waals surface area contributed by atoms with Gasteiger partial charge in [-0.25, -0.2) is 27.4 Å². The second-order valence-corrected chi connectivity index (χ2v) is 15.7. The van der Waals surface area contributed by atoms with Crippen molar-refractivity contribution in [3.63, 3.8) is 0 Å². The molecule has 0 saturated heterocycles. The van der Waals surface area contributed by atoms with Crippen LogP contribution in [-0.4, -0.2) is 164 Å². The van der Waals surface area contributed by atoms with Crippen LogP contribution in [0.3, 0.4) is 0 Å². The smallest absolute Gasteiger partial charge is 0.388 e. The van der Waals surface area contributed by atoms with Crippen molar-refractivity contribution in [2.24, 2.45) is 0 Å². The SMILES string of the molecule is O=C(COP(=O)(O)O)[C@@H](O)[C@H](O)[C@H](O)COP(=O)(O)O.O=C(COP(=O)(O)O)[C@@H](O)[C@H](O)[C@H](O)COP(=O)(O)O.O=P(O)(O)OP(=O)(O)O. The highest BCUT2D eigenvalue weighted by Crippen LogP contribution is 2.53. The summed E-state index contributed by atoms with van der Waals surface area (Å²) in [5, 5.41) is 55.4. The molecule has 0 amide bonds. The molecule has 37 heteroatoms. The summed E-state index contributed by atoms with van der Waals surface area (Å²) in [5.74, 6) is -2.73. The van der Waals surface area contributed by atoms with Crippen LogP contribution >= 0.6 is 46.9 Å². The summed E-state index contributed by atoms with van der Waals surface area (Å²) in [6.07, 6.45) is -13.1. The van der Waals surface area contributed by atoms with Crippen LogP contribution in [0, 0.1) is 0 Å². The maximum atomic E-state index is 11.2. The maximum absolute atomic E-state index is 11.2. The number of phosphoric ester groups is 4. The van der Waals surface area contributed by atoms with Crippen LogP contribution in [0.4, 0.5) is 0 Å². The zero-order valence-corrected chi connectivity index (χ0v) is 28.7. The van der Waals surface area contributed by atoms with Gasteiger partial charge < -0.3 is 89.4 Å². The molecule has 0 heterocycles. The molecule has 0 aromatic heterocycles. The van der Waals surface area contributed by atoms with Crippen molar-refractivity contribution in [3.05, 3.63) is 0 Å². The van der Waals surface area contributed by atoms with Crippen molar-refractivity contribution >= 4 is 58.5 Å². The van der Waals surface area contributed by atoms with Crippen molar-refractivity contribution in [2.45, 2.75) is 36.6 Å². The Hall–Kier alpha value is -0.200. The van der Waals surface area contributed by atoms with Crippen LogP contribution in [0.15, 0.2) is 0 Å². The van der Waals surface area contributed by atoms with Gasteiger partial charge in [0.2, 0.25) is 0 Å². The molecule has 0 radical (unpaired) electrons. The van der Waals surface area contributed by atoms with Crippen LogP contribution in [0.2, 0.25) is 0 Å². The number of Topliss-reactive ketones (excluding diaryl/α,β-unsaturated/α-hetero) is 2. The fourth-order valence-corrected chi connectivity index (χ4v) is 4.34. The summed E-state index contributed by atoms with van der Waals surface area (Å²) >= 11 is 0. The molecular weight excluding hydrogens is 826 g/mol. The van der Waals surface area contributed by atoms with E-state index < -0.39 is 122 Å². The first-order valence-electron chi connectivity index (χ1n) is 11.1. The predicted molar refractivity (Wildman–Crippen MR) is 143 cm³/mol. The van der Waals surface area contributed by atoms with Gasteiger partial charge in [0.15, 0.2) is 11.6 Å². The van der Waals surface area contributed by atoms with E-state index in [4.69, 9.17) is 58.7 Å². The van der Waals surface area contributed by atoms with Gasteiger partial charge in [-0.2, -0.15) is 4.31 Å². The Morgan fingerprint density at radius 1 is 0.408 bits per heavy atom. The molecule has 0 aliphatic heterocycles. The van der Waals surface area contributed by atoms with E-state index >= 15 is 0 Å². The Balaban J connectivity index is -0.000000695. The molecule has 0 rings (SSSR count). The van der Waals surface area contributed by atoms with Crippen LogP contribution in [-0.2, 0) is 59.4 Å². The first-order valence-corrected chi connectivity index (χ1v) is 20.3. The minimum atomic E-state index is -5.05. The summed E-state index contributed by atoms with van der Waals surface area (Å²) < 4.78 is 78.6. The number of ketones is 2. The second-order valence-electron chi connectivity index (χ2n) is 8.10. The molecule has 31 nitrogen and oxygen atoms in total. The van der Waals surface area contributed by atoms with E-state index in [9.17, 15) is 67.6 Å². The number of carbonyl (C=O) groups is 2. The fourth-order valence-electron chi connectivity index (χ4n) is 1.95. The Kier molecular flexibility index (Phi) is 24.0. The number of hydrogen-bond acceptors (Lipinski definition) is 19. The van der Waals surface area contributed by atoms with Crippen LogP contribution in [0.1, 0.15) is 0 Å². The number of aliphatic hydroxyl groups is 6. The van der Waals surface area contributed by atoms with Gasteiger partial charge in [0, 0.05) is 0 Å². The van der Waals surface area contributed by atoms with E-state index in [0.29, 0.717) is 0 Å². The van der Waals surface area contributed by atoms with E-state index in [-0.39, 0.29) is 0 Å². The average Bonchev–Trinajstić information content (AvgIpc) is 2.87. The Bertz CT molecular complexity index is 1200. The Morgan fingerprint density at radius 2 is 0.633 bits per heavy atom. The van der Waals surface area contributed by atoms with Gasteiger partial charge in [-0.3, -0.25) is 27.7 Å². The molecule has 0 bridgehead atoms. The molecule has 0 spiro atoms. The van der Waals surface area contributed by atoms with Gasteiger partial charge in [-0.15, -0.1) is 0 Å². The zero-order chi connectivity index (χ0) is 40.0. The van der Waals surface area contributed by atoms with Crippen LogP contribution < -0.4 is 0 Å². The van der Waals surface area contributed by atoms with E-state index in [1.165, 1.54) is 0 Å². The number of carbonyl (C=O) groups excluding carboxylic acids is 2. The summed E-state index contributed by atoms with van der Waals surface area (Å²) in [6, 6.07) is 0. The molecule has 0 fully saturated rings. The number of phosphoric acid groups is 6. The van der Waals surface area contributed by atoms with Gasteiger partial charge in [0.25, 0.3) is 0 Å². The largest absolute Gasteiger partial charge is 0.478 e. The van der Waals surface area contributed by atoms with Gasteiger partial charge in [0.1, 0.15) is 49.8 Å². The molecule has 0 saturated carbocycles. The van der Waals surface area contributed by atoms with Crippen LogP contribution in [0.25, 0.3) is 0 Å². The molecule has 0 unspecified atom stereocenters. The second kappa shape index (κ2) is 22.1. The third-order valence-electron chi connectivity index (χ3n) is 3.88. The van der Waals surface area contributed by atoms with Gasteiger partial charge in [-0.1, -0.05) is 0 Å². The molecule has 6 atom stereocenters. The molecule has 18 N–H and O–H groups in total. The topological polar surface area (TPSA) is 547 Å². The quantitative estimate of drug-likeness (QED) is 0.0506. The molecule has 296 valence electrons. The minimum absolute atomic E-state index is 1.09. The van der Waals surface area contributed by atoms with Gasteiger partial charge in [0.05, 0.1) is 13.2 Å². The fraction of sp³-hybridized carbons (Fsp3) is 0.833. The molecule has 49 heavy (non-hydrogen) atoms. The summed E-state index contributed by atoms with van der Waals surface area (Å²) in [5.41, 5.74) is 0. The summed E-state index contributed by atoms with van der Waals surface area (Å²) in [7, 11) is -29.8. The Labute approximate surface area is 270 Å². The molecule has 0 aliphatic rings. The highest BCUT2D eigenvalue weighted by molar-refractivity contribution is 7.60. The van der Waals surface area contributed by atoms with Gasteiger partial charge >= 0.3 is 46.9 Å². The first-order chi connectivity index (χ1) is 21.4. The summed E-state index contributed by atoms with van der Waals surface area (Å²) in [4.78, 5) is 120. The lowest BCUT2D eigenvalue weighted by molar-refractivity contribution is -0.142. The monoisotopic (exact) mass is 858 g/mol. The minimum Gasteiger partial charge on any atom is -0.388 e. The lowest BCUT2D eigenvalue weighted by Gasteiger charge is -2.22. The van der Waals surface area contributed by atoms with E-state index in [1.807, 2.05) is 0 Å². The van der Waals surface area contributed by atoms with E-state index in [0.717, 1.165) is 0 Å². The highest BCUT2D eigenvalue weighted by atomic mass is 31.3. The normalized spacial score (nSPS) is 16.9. The predicted octanol–water partition coefficient (Wildman–Crippen LogP) is -7.10. The van der Waals surface area contributed by atoms with Crippen molar-refractivity contribution in [2.75, 3.05) is 26.4 Å². The highest BCUT2D eigenvalue weighted by Gasteiger charge is 2.34. The first kappa shape index (κ1) is 53.2. The molecule has 0 aromatic rings. The molecule has 0 aliphatic carbocycles. The van der Waals surface area contributed by atoms with Crippen molar-refractivity contribution in [1.29, 1.82) is 0 Å². The third kappa shape index (κ3) is 34.6.